The Morgan fingerprint density at radius 1 is 1.35 bits per heavy atom. The molecule has 2 N–H and O–H groups in total. The summed E-state index contributed by atoms with van der Waals surface area (Å²) >= 11 is 1.87. The molecule has 0 unspecified atom stereocenters. The van der Waals surface area contributed by atoms with Crippen LogP contribution < -0.4 is 10.9 Å². The zero-order chi connectivity index (χ0) is 16.5. The summed E-state index contributed by atoms with van der Waals surface area (Å²) in [4.78, 5) is 19.9. The second-order valence-corrected chi connectivity index (χ2v) is 6.38. The highest BCUT2D eigenvalue weighted by Crippen LogP contribution is 2.17. The van der Waals surface area contributed by atoms with E-state index in [1.165, 1.54) is 11.2 Å². The third kappa shape index (κ3) is 5.37. The van der Waals surface area contributed by atoms with Crippen molar-refractivity contribution in [3.63, 3.8) is 0 Å². The van der Waals surface area contributed by atoms with Gasteiger partial charge in [0, 0.05) is 17.0 Å². The molecular weight excluding hydrogens is 306 g/mol. The van der Waals surface area contributed by atoms with E-state index in [9.17, 15) is 4.79 Å². The molecule has 1 aromatic carbocycles. The quantitative estimate of drug-likeness (QED) is 0.576. The van der Waals surface area contributed by atoms with Crippen molar-refractivity contribution in [3.8, 4) is 0 Å². The number of rotatable bonds is 8. The molecule has 0 atom stereocenters. The number of hydrogen-bond donors (Lipinski definition) is 2. The van der Waals surface area contributed by atoms with Crippen molar-refractivity contribution in [1.82, 2.24) is 15.3 Å². The van der Waals surface area contributed by atoms with Crippen LogP contribution in [-0.2, 0) is 0 Å². The number of nitrogens with one attached hydrogen (secondary N) is 2. The van der Waals surface area contributed by atoms with Gasteiger partial charge in [-0.05, 0) is 50.3 Å². The first-order valence-corrected chi connectivity index (χ1v) is 8.79. The summed E-state index contributed by atoms with van der Waals surface area (Å²) in [6.07, 6.45) is 4.57. The van der Waals surface area contributed by atoms with Crippen molar-refractivity contribution in [3.05, 3.63) is 64.3 Å². The maximum absolute atomic E-state index is 11.7. The minimum Gasteiger partial charge on any atom is -0.313 e. The van der Waals surface area contributed by atoms with E-state index in [-0.39, 0.29) is 5.56 Å². The van der Waals surface area contributed by atoms with E-state index >= 15 is 0 Å². The molecule has 2 aromatic rings. The standard InChI is InChI=1S/C18H23N3OS/c1-3-15(17-14(2)18(22)21-13-20-17)12-19-10-7-11-23-16-8-5-4-6-9-16/h3-6,8-9,13,19H,7,10-12H2,1-2H3,(H,20,21,22)/b15-3-. The Morgan fingerprint density at radius 2 is 2.13 bits per heavy atom. The second kappa shape index (κ2) is 9.33. The van der Waals surface area contributed by atoms with Gasteiger partial charge in [0.25, 0.3) is 5.56 Å². The Morgan fingerprint density at radius 3 is 2.87 bits per heavy atom. The molecule has 23 heavy (non-hydrogen) atoms. The summed E-state index contributed by atoms with van der Waals surface area (Å²) in [6.45, 7) is 5.45. The zero-order valence-electron chi connectivity index (χ0n) is 13.6. The van der Waals surface area contributed by atoms with Crippen LogP contribution in [0.1, 0.15) is 24.6 Å². The lowest BCUT2D eigenvalue weighted by Crippen LogP contribution is -2.21. The summed E-state index contributed by atoms with van der Waals surface area (Å²) in [5, 5.41) is 3.43. The molecule has 1 heterocycles. The second-order valence-electron chi connectivity index (χ2n) is 5.21. The van der Waals surface area contributed by atoms with Gasteiger partial charge in [0.15, 0.2) is 0 Å². The molecule has 0 saturated carbocycles. The lowest BCUT2D eigenvalue weighted by atomic mass is 10.1. The van der Waals surface area contributed by atoms with Crippen molar-refractivity contribution < 1.29 is 0 Å². The van der Waals surface area contributed by atoms with Crippen LogP contribution in [0.5, 0.6) is 0 Å². The first-order valence-electron chi connectivity index (χ1n) is 7.80. The van der Waals surface area contributed by atoms with Gasteiger partial charge in [-0.1, -0.05) is 24.3 Å². The maximum Gasteiger partial charge on any atom is 0.254 e. The molecular formula is C18H23N3OS. The molecule has 2 rings (SSSR count). The molecule has 5 heteroatoms. The van der Waals surface area contributed by atoms with Gasteiger partial charge in [-0.15, -0.1) is 11.8 Å². The van der Waals surface area contributed by atoms with E-state index in [0.717, 1.165) is 36.5 Å². The fraction of sp³-hybridized carbons (Fsp3) is 0.333. The number of H-pyrrole nitrogens is 1. The summed E-state index contributed by atoms with van der Waals surface area (Å²) in [5.41, 5.74) is 2.43. The van der Waals surface area contributed by atoms with Crippen molar-refractivity contribution >= 4 is 17.3 Å². The largest absolute Gasteiger partial charge is 0.313 e. The number of hydrogen-bond acceptors (Lipinski definition) is 4. The monoisotopic (exact) mass is 329 g/mol. The van der Waals surface area contributed by atoms with Gasteiger partial charge < -0.3 is 10.3 Å². The molecule has 0 aliphatic carbocycles. The number of nitrogens with zero attached hydrogens (tertiary/aromatic N) is 1. The lowest BCUT2D eigenvalue weighted by Gasteiger charge is -2.10. The van der Waals surface area contributed by atoms with Crippen LogP contribution >= 0.6 is 11.8 Å². The fourth-order valence-corrected chi connectivity index (χ4v) is 3.12. The average Bonchev–Trinajstić information content (AvgIpc) is 2.58. The molecule has 4 nitrogen and oxygen atoms in total. The van der Waals surface area contributed by atoms with Gasteiger partial charge in [-0.3, -0.25) is 4.79 Å². The molecule has 0 radical (unpaired) electrons. The van der Waals surface area contributed by atoms with E-state index in [2.05, 4.69) is 39.6 Å². The van der Waals surface area contributed by atoms with Crippen LogP contribution in [0.4, 0.5) is 0 Å². The summed E-state index contributed by atoms with van der Waals surface area (Å²) < 4.78 is 0. The minimum atomic E-state index is -0.0754. The van der Waals surface area contributed by atoms with Gasteiger partial charge in [-0.2, -0.15) is 0 Å². The van der Waals surface area contributed by atoms with E-state index in [4.69, 9.17) is 0 Å². The molecule has 0 bridgehead atoms. The molecule has 122 valence electrons. The maximum atomic E-state index is 11.7. The topological polar surface area (TPSA) is 57.8 Å². The average molecular weight is 329 g/mol. The van der Waals surface area contributed by atoms with Crippen molar-refractivity contribution in [2.24, 2.45) is 0 Å². The smallest absolute Gasteiger partial charge is 0.254 e. The zero-order valence-corrected chi connectivity index (χ0v) is 14.5. The molecule has 0 amide bonds. The van der Waals surface area contributed by atoms with Crippen LogP contribution in [0.2, 0.25) is 0 Å². The van der Waals surface area contributed by atoms with Crippen LogP contribution in [0.3, 0.4) is 0 Å². The van der Waals surface area contributed by atoms with Crippen molar-refractivity contribution in [2.75, 3.05) is 18.8 Å². The molecule has 1 aromatic heterocycles. The molecule has 0 saturated heterocycles. The number of aromatic nitrogens is 2. The van der Waals surface area contributed by atoms with Gasteiger partial charge in [-0.25, -0.2) is 4.98 Å². The predicted octanol–water partition coefficient (Wildman–Crippen LogP) is 3.25. The van der Waals surface area contributed by atoms with E-state index in [1.54, 1.807) is 6.92 Å². The van der Waals surface area contributed by atoms with E-state index < -0.39 is 0 Å². The minimum absolute atomic E-state index is 0.0754. The van der Waals surface area contributed by atoms with Crippen LogP contribution in [0.15, 0.2) is 52.4 Å². The van der Waals surface area contributed by atoms with Crippen molar-refractivity contribution in [2.45, 2.75) is 25.2 Å². The predicted molar refractivity (Wildman–Crippen MR) is 97.9 cm³/mol. The molecule has 0 spiro atoms. The first-order chi connectivity index (χ1) is 11.2. The Labute approximate surface area is 141 Å². The highest BCUT2D eigenvalue weighted by Gasteiger charge is 2.08. The van der Waals surface area contributed by atoms with E-state index in [0.29, 0.717) is 5.56 Å². The normalized spacial score (nSPS) is 11.7. The number of thioether (sulfide) groups is 1. The van der Waals surface area contributed by atoms with Gasteiger partial charge in [0.05, 0.1) is 12.0 Å². The fourth-order valence-electron chi connectivity index (χ4n) is 2.24. The number of allylic oxidation sites excluding steroid dienone is 1. The Kier molecular flexibility index (Phi) is 7.10. The summed E-state index contributed by atoms with van der Waals surface area (Å²) in [5.74, 6) is 1.09. The van der Waals surface area contributed by atoms with Crippen LogP contribution in [-0.4, -0.2) is 28.8 Å². The highest BCUT2D eigenvalue weighted by molar-refractivity contribution is 7.99. The number of benzene rings is 1. The van der Waals surface area contributed by atoms with Crippen LogP contribution in [0.25, 0.3) is 5.57 Å². The van der Waals surface area contributed by atoms with Gasteiger partial charge in [0.1, 0.15) is 0 Å². The van der Waals surface area contributed by atoms with Gasteiger partial charge >= 0.3 is 0 Å². The summed E-state index contributed by atoms with van der Waals surface area (Å²) in [7, 11) is 0. The highest BCUT2D eigenvalue weighted by atomic mass is 32.2. The Balaban J connectivity index is 1.74. The number of aromatic amines is 1. The Bertz CT molecular complexity index is 695. The SMILES string of the molecule is C/C=C(/CNCCCSc1ccccc1)c1nc[nH]c(=O)c1C. The van der Waals surface area contributed by atoms with Gasteiger partial charge in [0.2, 0.25) is 0 Å². The molecule has 0 fully saturated rings. The third-order valence-corrected chi connectivity index (χ3v) is 4.66. The molecule has 0 aliphatic heterocycles. The van der Waals surface area contributed by atoms with Crippen molar-refractivity contribution in [1.29, 1.82) is 0 Å². The third-order valence-electron chi connectivity index (χ3n) is 3.56. The Hall–Kier alpha value is -1.85. The van der Waals surface area contributed by atoms with E-state index in [1.807, 2.05) is 30.8 Å². The molecule has 0 aliphatic rings. The van der Waals surface area contributed by atoms with Crippen LogP contribution in [0, 0.1) is 6.92 Å². The summed E-state index contributed by atoms with van der Waals surface area (Å²) in [6, 6.07) is 10.4. The first kappa shape index (κ1) is 17.5. The lowest BCUT2D eigenvalue weighted by molar-refractivity contribution is 0.737.